The molecule has 0 saturated heterocycles. The Bertz CT molecular complexity index is 1480. The number of carbonyl (C=O) groups is 6. The lowest BCUT2D eigenvalue weighted by Gasteiger charge is -2.25. The number of rotatable bonds is 18. The van der Waals surface area contributed by atoms with Crippen molar-refractivity contribution in [3.63, 3.8) is 0 Å². The van der Waals surface area contributed by atoms with E-state index >= 15 is 0 Å². The molecular weight excluding hydrogens is 622 g/mol. The van der Waals surface area contributed by atoms with Crippen molar-refractivity contribution in [1.29, 1.82) is 0 Å². The van der Waals surface area contributed by atoms with Gasteiger partial charge in [-0.15, -0.1) is 0 Å². The van der Waals surface area contributed by atoms with Gasteiger partial charge in [0.15, 0.2) is 5.92 Å². The second-order valence-electron chi connectivity index (χ2n) is 11.1. The number of carbonyl (C=O) groups excluding carboxylic acids is 3. The maximum Gasteiger partial charge on any atom is 0.326 e. The molecule has 0 aliphatic rings. The van der Waals surface area contributed by atoms with Crippen molar-refractivity contribution in [2.75, 3.05) is 10.6 Å². The average Bonchev–Trinajstić information content (AvgIpc) is 2.96. The van der Waals surface area contributed by atoms with Crippen LogP contribution in [0, 0.1) is 22.0 Å². The minimum atomic E-state index is -2.01. The lowest BCUT2D eigenvalue weighted by Crippen LogP contribution is -2.55. The Morgan fingerprint density at radius 2 is 1.43 bits per heavy atom. The molecule has 0 heterocycles. The van der Waals surface area contributed by atoms with Crippen molar-refractivity contribution < 1.29 is 54.1 Å². The van der Waals surface area contributed by atoms with Crippen molar-refractivity contribution >= 4 is 52.7 Å². The molecule has 0 bridgehead atoms. The summed E-state index contributed by atoms with van der Waals surface area (Å²) in [7, 11) is 0. The summed E-state index contributed by atoms with van der Waals surface area (Å²) in [4.78, 5) is 84.6. The van der Waals surface area contributed by atoms with Gasteiger partial charge in [-0.05, 0) is 37.0 Å². The zero-order valence-corrected chi connectivity index (χ0v) is 25.7. The molecule has 2 rings (SSSR count). The van der Waals surface area contributed by atoms with Gasteiger partial charge in [0.2, 0.25) is 17.7 Å². The number of hydrogen-bond donors (Lipinski definition) is 8. The summed E-state index contributed by atoms with van der Waals surface area (Å²) in [5.41, 5.74) is -0.0943. The van der Waals surface area contributed by atoms with E-state index in [4.69, 9.17) is 0 Å². The highest BCUT2D eigenvalue weighted by molar-refractivity contribution is 6.02. The number of nitrogens with one attached hydrogen (secondary N) is 4. The van der Waals surface area contributed by atoms with Gasteiger partial charge in [0.25, 0.3) is 5.69 Å². The molecule has 0 saturated carbocycles. The van der Waals surface area contributed by atoms with E-state index in [0.717, 1.165) is 13.0 Å². The number of nitro groups is 1. The topological polar surface area (TPSA) is 275 Å². The maximum absolute atomic E-state index is 13.3. The minimum Gasteiger partial charge on any atom is -0.481 e. The highest BCUT2D eigenvalue weighted by Gasteiger charge is 2.36. The third-order valence-corrected chi connectivity index (χ3v) is 6.76. The first-order valence-corrected chi connectivity index (χ1v) is 14.4. The van der Waals surface area contributed by atoms with Gasteiger partial charge in [-0.2, -0.15) is 0 Å². The number of amides is 3. The van der Waals surface area contributed by atoms with Crippen LogP contribution in [0.4, 0.5) is 17.1 Å². The van der Waals surface area contributed by atoms with Crippen LogP contribution in [-0.4, -0.2) is 85.2 Å². The summed E-state index contributed by atoms with van der Waals surface area (Å²) in [6.45, 7) is 4.45. The van der Waals surface area contributed by atoms with E-state index in [0.29, 0.717) is 5.56 Å². The van der Waals surface area contributed by atoms with Crippen molar-refractivity contribution in [3.8, 4) is 0 Å². The molecule has 0 spiro atoms. The summed E-state index contributed by atoms with van der Waals surface area (Å²) in [6, 6.07) is 7.68. The second kappa shape index (κ2) is 17.2. The van der Waals surface area contributed by atoms with Gasteiger partial charge in [-0.3, -0.25) is 34.1 Å². The number of aliphatic hydroxyl groups is 1. The van der Waals surface area contributed by atoms with Crippen LogP contribution < -0.4 is 21.3 Å². The number of carboxylic acid groups (broad SMARTS) is 3. The van der Waals surface area contributed by atoms with Crippen LogP contribution in [0.25, 0.3) is 0 Å². The van der Waals surface area contributed by atoms with Gasteiger partial charge >= 0.3 is 17.9 Å². The molecule has 17 heteroatoms. The highest BCUT2D eigenvalue weighted by Crippen LogP contribution is 2.29. The number of aliphatic hydroxyl groups excluding tert-OH is 1. The van der Waals surface area contributed by atoms with Gasteiger partial charge in [0, 0.05) is 18.2 Å². The third-order valence-electron chi connectivity index (χ3n) is 6.76. The van der Waals surface area contributed by atoms with E-state index in [9.17, 15) is 59.3 Å². The predicted molar refractivity (Wildman–Crippen MR) is 165 cm³/mol. The Hall–Kier alpha value is -5.58. The maximum atomic E-state index is 13.3. The molecule has 0 aliphatic heterocycles. The lowest BCUT2D eigenvalue weighted by atomic mass is 10.0. The Kier molecular flexibility index (Phi) is 13.8. The largest absolute Gasteiger partial charge is 0.481 e. The molecule has 5 unspecified atom stereocenters. The zero-order chi connectivity index (χ0) is 35.4. The summed E-state index contributed by atoms with van der Waals surface area (Å²) in [6.07, 6.45) is -2.65. The van der Waals surface area contributed by atoms with Crippen molar-refractivity contribution in [2.24, 2.45) is 11.8 Å². The van der Waals surface area contributed by atoms with Crippen molar-refractivity contribution in [2.45, 2.75) is 64.3 Å². The van der Waals surface area contributed by atoms with Gasteiger partial charge in [0.05, 0.1) is 17.4 Å². The molecule has 3 amide bonds. The van der Waals surface area contributed by atoms with Crippen LogP contribution in [0.5, 0.6) is 0 Å². The van der Waals surface area contributed by atoms with Crippen LogP contribution >= 0.6 is 0 Å². The van der Waals surface area contributed by atoms with E-state index in [1.807, 2.05) is 5.32 Å². The number of benzene rings is 2. The van der Waals surface area contributed by atoms with Gasteiger partial charge in [-0.25, -0.2) is 4.79 Å². The van der Waals surface area contributed by atoms with Crippen LogP contribution in [0.3, 0.4) is 0 Å². The van der Waals surface area contributed by atoms with Crippen molar-refractivity contribution in [1.82, 2.24) is 10.6 Å². The number of nitro benzene ring substituents is 1. The first-order chi connectivity index (χ1) is 22.0. The van der Waals surface area contributed by atoms with Gasteiger partial charge < -0.3 is 41.7 Å². The highest BCUT2D eigenvalue weighted by atomic mass is 16.6. The molecule has 2 aromatic rings. The van der Waals surface area contributed by atoms with E-state index in [1.165, 1.54) is 12.1 Å². The number of anilines is 2. The minimum absolute atomic E-state index is 0.00174. The molecule has 47 heavy (non-hydrogen) atoms. The fourth-order valence-corrected chi connectivity index (χ4v) is 4.51. The number of hydrogen-bond acceptors (Lipinski definition) is 10. The summed E-state index contributed by atoms with van der Waals surface area (Å²) < 4.78 is 0. The smallest absolute Gasteiger partial charge is 0.326 e. The van der Waals surface area contributed by atoms with E-state index < -0.39 is 82.8 Å². The zero-order valence-electron chi connectivity index (χ0n) is 25.7. The molecule has 0 aromatic heterocycles. The predicted octanol–water partition coefficient (Wildman–Crippen LogP) is 1.21. The van der Waals surface area contributed by atoms with E-state index in [2.05, 4.69) is 16.0 Å². The monoisotopic (exact) mass is 659 g/mol. The molecular formula is C30H37N5O12. The Balaban J connectivity index is 2.29. The second-order valence-corrected chi connectivity index (χ2v) is 11.1. The van der Waals surface area contributed by atoms with Gasteiger partial charge in [-0.1, -0.05) is 44.2 Å². The molecule has 0 aliphatic carbocycles. The number of carboxylic acids is 3. The van der Waals surface area contributed by atoms with E-state index in [1.54, 1.807) is 44.2 Å². The van der Waals surface area contributed by atoms with Crippen LogP contribution in [0.15, 0.2) is 48.5 Å². The van der Waals surface area contributed by atoms with Crippen LogP contribution in [-0.2, 0) is 35.2 Å². The van der Waals surface area contributed by atoms with Crippen LogP contribution in [0.1, 0.15) is 39.2 Å². The summed E-state index contributed by atoms with van der Waals surface area (Å²) >= 11 is 0. The quantitative estimate of drug-likeness (QED) is 0.0636. The SMILES string of the molecule is CC(C)CC(NC(=O)C(CC(=O)O)NC(=O)C(C(=O)O)C(C)O)C(=O)Nc1ccc(NC(Cc2ccccc2)C(=O)O)c([N+](=O)[O-])c1. The Labute approximate surface area is 268 Å². The molecule has 2 aromatic carbocycles. The molecule has 0 fully saturated rings. The van der Waals surface area contributed by atoms with Crippen LogP contribution in [0.2, 0.25) is 0 Å². The fourth-order valence-electron chi connectivity index (χ4n) is 4.51. The number of aliphatic carboxylic acids is 3. The summed E-state index contributed by atoms with van der Waals surface area (Å²) in [5.74, 6) is -10.1. The standard InChI is InChI=1S/C30H37N5O12/c1-15(2)11-20(33-27(40)21(14-24(37)38)34-28(41)25(16(3)36)30(44)45)26(39)31-18-9-10-19(23(13-18)35(46)47)32-22(29(42)43)12-17-7-5-4-6-8-17/h4-10,13,15-16,20-22,25,32,36H,11-12,14H2,1-3H3,(H,31,39)(H,33,40)(H,34,41)(H,37,38)(H,42,43)(H,44,45). The van der Waals surface area contributed by atoms with Crippen molar-refractivity contribution in [3.05, 3.63) is 64.2 Å². The van der Waals surface area contributed by atoms with E-state index in [-0.39, 0.29) is 30.1 Å². The third kappa shape index (κ3) is 11.7. The Morgan fingerprint density at radius 1 is 0.809 bits per heavy atom. The lowest BCUT2D eigenvalue weighted by molar-refractivity contribution is -0.383. The average molecular weight is 660 g/mol. The number of nitrogens with zero attached hydrogens (tertiary/aromatic N) is 1. The molecule has 5 atom stereocenters. The normalized spacial score (nSPS) is 14.1. The van der Waals surface area contributed by atoms with Gasteiger partial charge in [0.1, 0.15) is 23.8 Å². The first kappa shape index (κ1) is 37.6. The Morgan fingerprint density at radius 3 is 1.94 bits per heavy atom. The summed E-state index contributed by atoms with van der Waals surface area (Å²) in [5, 5.41) is 59.2. The first-order valence-electron chi connectivity index (χ1n) is 14.4. The molecule has 17 nitrogen and oxygen atoms in total. The fraction of sp³-hybridized carbons (Fsp3) is 0.400. The molecule has 8 N–H and O–H groups in total. The molecule has 254 valence electrons. The molecule has 0 radical (unpaired) electrons.